The zero-order valence-electron chi connectivity index (χ0n) is 10.9. The Bertz CT molecular complexity index is 655. The first-order valence-electron chi connectivity index (χ1n) is 6.15. The fourth-order valence-electron chi connectivity index (χ4n) is 2.30. The maximum absolute atomic E-state index is 13.6. The van der Waals surface area contributed by atoms with Crippen molar-refractivity contribution in [1.82, 2.24) is 4.90 Å². The SMILES string of the molecule is NS(=O)(=O)C1CCCN(C(=O)c2c(F)cc(F)cc2F)C1. The third kappa shape index (κ3) is 3.35. The van der Waals surface area contributed by atoms with E-state index in [9.17, 15) is 26.4 Å². The van der Waals surface area contributed by atoms with Gasteiger partial charge in [-0.25, -0.2) is 26.7 Å². The third-order valence-corrected chi connectivity index (χ3v) is 4.66. The molecule has 1 unspecified atom stereocenters. The van der Waals surface area contributed by atoms with E-state index in [-0.39, 0.29) is 19.5 Å². The monoisotopic (exact) mass is 322 g/mol. The Balaban J connectivity index is 2.28. The predicted molar refractivity (Wildman–Crippen MR) is 68.3 cm³/mol. The number of piperidine rings is 1. The molecule has 1 fully saturated rings. The Morgan fingerprint density at radius 2 is 1.81 bits per heavy atom. The van der Waals surface area contributed by atoms with Crippen molar-refractivity contribution in [2.45, 2.75) is 18.1 Å². The quantitative estimate of drug-likeness (QED) is 0.882. The molecule has 1 aromatic rings. The van der Waals surface area contributed by atoms with Crippen LogP contribution < -0.4 is 5.14 Å². The highest BCUT2D eigenvalue weighted by atomic mass is 32.2. The van der Waals surface area contributed by atoms with Crippen LogP contribution in [0.5, 0.6) is 0 Å². The number of amides is 1. The Kier molecular flexibility index (Phi) is 4.24. The number of rotatable bonds is 2. The highest BCUT2D eigenvalue weighted by Crippen LogP contribution is 2.21. The maximum atomic E-state index is 13.6. The second kappa shape index (κ2) is 5.64. The summed E-state index contributed by atoms with van der Waals surface area (Å²) in [5.41, 5.74) is -0.897. The van der Waals surface area contributed by atoms with Crippen LogP contribution in [-0.4, -0.2) is 37.6 Å². The van der Waals surface area contributed by atoms with Crippen LogP contribution in [0.15, 0.2) is 12.1 Å². The van der Waals surface area contributed by atoms with E-state index in [0.717, 1.165) is 4.90 Å². The first kappa shape index (κ1) is 15.8. The summed E-state index contributed by atoms with van der Waals surface area (Å²) in [5, 5.41) is 4.06. The Hall–Kier alpha value is -1.61. The second-order valence-electron chi connectivity index (χ2n) is 4.85. The minimum Gasteiger partial charge on any atom is -0.337 e. The highest BCUT2D eigenvalue weighted by Gasteiger charge is 2.33. The van der Waals surface area contributed by atoms with Crippen LogP contribution in [0.2, 0.25) is 0 Å². The van der Waals surface area contributed by atoms with Crippen molar-refractivity contribution < 1.29 is 26.4 Å². The molecule has 0 radical (unpaired) electrons. The molecule has 1 aliphatic heterocycles. The number of hydrogen-bond donors (Lipinski definition) is 1. The average Bonchev–Trinajstić information content (AvgIpc) is 2.36. The molecular formula is C12H13F3N2O3S. The summed E-state index contributed by atoms with van der Waals surface area (Å²) in [7, 11) is -3.84. The van der Waals surface area contributed by atoms with Crippen LogP contribution in [-0.2, 0) is 10.0 Å². The van der Waals surface area contributed by atoms with Crippen molar-refractivity contribution >= 4 is 15.9 Å². The van der Waals surface area contributed by atoms with E-state index in [1.165, 1.54) is 0 Å². The average molecular weight is 322 g/mol. The van der Waals surface area contributed by atoms with E-state index in [1.54, 1.807) is 0 Å². The lowest BCUT2D eigenvalue weighted by Crippen LogP contribution is -2.47. The molecule has 1 heterocycles. The smallest absolute Gasteiger partial charge is 0.259 e. The van der Waals surface area contributed by atoms with Crippen molar-refractivity contribution in [2.24, 2.45) is 5.14 Å². The lowest BCUT2D eigenvalue weighted by atomic mass is 10.1. The minimum atomic E-state index is -3.84. The van der Waals surface area contributed by atoms with E-state index in [1.807, 2.05) is 0 Å². The van der Waals surface area contributed by atoms with Gasteiger partial charge in [-0.3, -0.25) is 4.79 Å². The molecule has 2 N–H and O–H groups in total. The van der Waals surface area contributed by atoms with Gasteiger partial charge in [0, 0.05) is 25.2 Å². The molecule has 0 aliphatic carbocycles. The Morgan fingerprint density at radius 3 is 2.33 bits per heavy atom. The summed E-state index contributed by atoms with van der Waals surface area (Å²) in [4.78, 5) is 13.1. The molecule has 1 atom stereocenters. The number of nitrogens with zero attached hydrogens (tertiary/aromatic N) is 1. The van der Waals surface area contributed by atoms with Gasteiger partial charge in [-0.05, 0) is 12.8 Å². The number of primary sulfonamides is 1. The zero-order valence-corrected chi connectivity index (χ0v) is 11.7. The molecule has 116 valence electrons. The van der Waals surface area contributed by atoms with Gasteiger partial charge in [0.25, 0.3) is 5.91 Å². The minimum absolute atomic E-state index is 0.154. The van der Waals surface area contributed by atoms with Gasteiger partial charge < -0.3 is 4.90 Å². The van der Waals surface area contributed by atoms with Gasteiger partial charge in [-0.15, -0.1) is 0 Å². The molecule has 21 heavy (non-hydrogen) atoms. The van der Waals surface area contributed by atoms with Crippen LogP contribution >= 0.6 is 0 Å². The fourth-order valence-corrected chi connectivity index (χ4v) is 3.18. The number of sulfonamides is 1. The molecule has 0 aromatic heterocycles. The van der Waals surface area contributed by atoms with Crippen LogP contribution in [0, 0.1) is 17.5 Å². The largest absolute Gasteiger partial charge is 0.337 e. The maximum Gasteiger partial charge on any atom is 0.259 e. The summed E-state index contributed by atoms with van der Waals surface area (Å²) in [6.45, 7) is -0.0883. The van der Waals surface area contributed by atoms with E-state index < -0.39 is 44.2 Å². The number of carbonyl (C=O) groups is 1. The van der Waals surface area contributed by atoms with E-state index in [4.69, 9.17) is 5.14 Å². The van der Waals surface area contributed by atoms with Crippen molar-refractivity contribution in [1.29, 1.82) is 0 Å². The number of halogens is 3. The zero-order chi connectivity index (χ0) is 15.8. The summed E-state index contributed by atoms with van der Waals surface area (Å²) >= 11 is 0. The highest BCUT2D eigenvalue weighted by molar-refractivity contribution is 7.89. The molecule has 1 amide bonds. The molecule has 1 saturated heterocycles. The van der Waals surface area contributed by atoms with Crippen molar-refractivity contribution in [3.63, 3.8) is 0 Å². The van der Waals surface area contributed by atoms with E-state index in [0.29, 0.717) is 18.6 Å². The van der Waals surface area contributed by atoms with Crippen molar-refractivity contribution in [3.05, 3.63) is 35.1 Å². The number of carbonyl (C=O) groups excluding carboxylic acids is 1. The molecule has 1 aliphatic rings. The number of likely N-dealkylation sites (tertiary alicyclic amines) is 1. The van der Waals surface area contributed by atoms with Gasteiger partial charge >= 0.3 is 0 Å². The first-order chi connectivity index (χ1) is 9.70. The lowest BCUT2D eigenvalue weighted by molar-refractivity contribution is 0.0717. The number of benzene rings is 1. The summed E-state index contributed by atoms with van der Waals surface area (Å²) in [5.74, 6) is -4.80. The van der Waals surface area contributed by atoms with Gasteiger partial charge in [0.15, 0.2) is 0 Å². The van der Waals surface area contributed by atoms with Gasteiger partial charge in [0.2, 0.25) is 10.0 Å². The number of hydrogen-bond acceptors (Lipinski definition) is 3. The van der Waals surface area contributed by atoms with Crippen molar-refractivity contribution in [2.75, 3.05) is 13.1 Å². The van der Waals surface area contributed by atoms with E-state index in [2.05, 4.69) is 0 Å². The fraction of sp³-hybridized carbons (Fsp3) is 0.417. The van der Waals surface area contributed by atoms with Gasteiger partial charge in [-0.2, -0.15) is 0 Å². The second-order valence-corrected chi connectivity index (χ2v) is 6.69. The predicted octanol–water partition coefficient (Wildman–Crippen LogP) is 0.997. The first-order valence-corrected chi connectivity index (χ1v) is 7.76. The van der Waals surface area contributed by atoms with Gasteiger partial charge in [0.1, 0.15) is 23.0 Å². The molecule has 5 nitrogen and oxygen atoms in total. The molecule has 9 heteroatoms. The topological polar surface area (TPSA) is 80.5 Å². The van der Waals surface area contributed by atoms with Gasteiger partial charge in [-0.1, -0.05) is 0 Å². The Labute approximate surface area is 119 Å². The standard InChI is InChI=1S/C12H13F3N2O3S/c13-7-4-9(14)11(10(15)5-7)12(18)17-3-1-2-8(6-17)21(16,19)20/h4-5,8H,1-3,6H2,(H2,16,19,20). The summed E-state index contributed by atoms with van der Waals surface area (Å²) in [6, 6.07) is 0.800. The lowest BCUT2D eigenvalue weighted by Gasteiger charge is -2.31. The van der Waals surface area contributed by atoms with Gasteiger partial charge in [0.05, 0.1) is 5.25 Å². The molecule has 1 aromatic carbocycles. The molecule has 0 saturated carbocycles. The third-order valence-electron chi connectivity index (χ3n) is 3.35. The van der Waals surface area contributed by atoms with Crippen molar-refractivity contribution in [3.8, 4) is 0 Å². The molecule has 2 rings (SSSR count). The van der Waals surface area contributed by atoms with Crippen LogP contribution in [0.1, 0.15) is 23.2 Å². The molecule has 0 bridgehead atoms. The van der Waals surface area contributed by atoms with Crippen LogP contribution in [0.3, 0.4) is 0 Å². The van der Waals surface area contributed by atoms with Crippen LogP contribution in [0.25, 0.3) is 0 Å². The summed E-state index contributed by atoms with van der Waals surface area (Å²) in [6.07, 6.45) is 0.619. The molecular weight excluding hydrogens is 309 g/mol. The van der Waals surface area contributed by atoms with Crippen LogP contribution in [0.4, 0.5) is 13.2 Å². The molecule has 0 spiro atoms. The van der Waals surface area contributed by atoms with E-state index >= 15 is 0 Å². The normalized spacial score (nSPS) is 19.6. The number of nitrogens with two attached hydrogens (primary N) is 1. The Morgan fingerprint density at radius 1 is 1.24 bits per heavy atom. The summed E-state index contributed by atoms with van der Waals surface area (Å²) < 4.78 is 62.6.